The van der Waals surface area contributed by atoms with E-state index < -0.39 is 12.2 Å². The van der Waals surface area contributed by atoms with Crippen LogP contribution in [0.15, 0.2) is 72.8 Å². The maximum absolute atomic E-state index is 12.9. The van der Waals surface area contributed by atoms with Crippen LogP contribution >= 0.6 is 0 Å². The summed E-state index contributed by atoms with van der Waals surface area (Å²) in [6.45, 7) is 4.12. The Morgan fingerprint density at radius 3 is 2.38 bits per heavy atom. The van der Waals surface area contributed by atoms with Crippen molar-refractivity contribution in [1.82, 2.24) is 9.80 Å². The Labute approximate surface area is 234 Å². The van der Waals surface area contributed by atoms with E-state index in [1.807, 2.05) is 60.7 Å². The highest BCUT2D eigenvalue weighted by molar-refractivity contribution is 6.04. The van der Waals surface area contributed by atoms with Crippen LogP contribution in [0.5, 0.6) is 0 Å². The van der Waals surface area contributed by atoms with Gasteiger partial charge in [-0.15, -0.1) is 0 Å². The van der Waals surface area contributed by atoms with Gasteiger partial charge in [0, 0.05) is 61.4 Å². The van der Waals surface area contributed by atoms with Crippen molar-refractivity contribution < 1.29 is 19.4 Å². The first kappa shape index (κ1) is 27.4. The van der Waals surface area contributed by atoms with Crippen molar-refractivity contribution in [1.29, 1.82) is 0 Å². The molecule has 1 fully saturated rings. The molecule has 0 spiro atoms. The van der Waals surface area contributed by atoms with Gasteiger partial charge in [0.05, 0.1) is 24.9 Å². The van der Waals surface area contributed by atoms with E-state index in [4.69, 9.17) is 4.74 Å². The highest BCUT2D eigenvalue weighted by Crippen LogP contribution is 2.40. The van der Waals surface area contributed by atoms with Crippen LogP contribution < -0.4 is 15.5 Å². The zero-order valence-corrected chi connectivity index (χ0v) is 23.1. The summed E-state index contributed by atoms with van der Waals surface area (Å²) < 4.78 is 4.85. The average molecular weight is 542 g/mol. The number of piperazine rings is 1. The molecule has 1 amide bonds. The van der Waals surface area contributed by atoms with Crippen LogP contribution in [-0.4, -0.2) is 86.9 Å². The third kappa shape index (κ3) is 5.86. The number of aliphatic hydroxyl groups excluding tert-OH is 1. The minimum Gasteiger partial charge on any atom is -0.465 e. The third-order valence-electron chi connectivity index (χ3n) is 7.48. The number of rotatable bonds is 7. The van der Waals surface area contributed by atoms with Crippen molar-refractivity contribution in [2.24, 2.45) is 0 Å². The van der Waals surface area contributed by atoms with Gasteiger partial charge < -0.3 is 30.3 Å². The number of nitrogens with one attached hydrogen (secondary N) is 2. The number of amides is 1. The molecule has 40 heavy (non-hydrogen) atoms. The molecular weight excluding hydrogens is 506 g/mol. The summed E-state index contributed by atoms with van der Waals surface area (Å²) in [5.74, 6) is -0.384. The van der Waals surface area contributed by atoms with Crippen LogP contribution in [-0.2, 0) is 9.53 Å². The van der Waals surface area contributed by atoms with Gasteiger partial charge in [0.1, 0.15) is 0 Å². The zero-order valence-electron chi connectivity index (χ0n) is 23.1. The lowest BCUT2D eigenvalue weighted by atomic mass is 9.98. The summed E-state index contributed by atoms with van der Waals surface area (Å²) in [6, 6.07) is 22.6. The number of likely N-dealkylation sites (N-methyl/N-ethyl adjacent to an activating group) is 2. The summed E-state index contributed by atoms with van der Waals surface area (Å²) in [7, 11) is 5.25. The van der Waals surface area contributed by atoms with Gasteiger partial charge in [-0.05, 0) is 49.0 Å². The smallest absolute Gasteiger partial charge is 0.337 e. The van der Waals surface area contributed by atoms with Gasteiger partial charge in [-0.25, -0.2) is 4.79 Å². The largest absolute Gasteiger partial charge is 0.465 e. The van der Waals surface area contributed by atoms with Gasteiger partial charge in [0.25, 0.3) is 0 Å². The summed E-state index contributed by atoms with van der Waals surface area (Å²) in [5.41, 5.74) is 5.75. The predicted octanol–water partition coefficient (Wildman–Crippen LogP) is 3.41. The summed E-state index contributed by atoms with van der Waals surface area (Å²) in [5, 5.41) is 17.6. The Bertz CT molecular complexity index is 1400. The van der Waals surface area contributed by atoms with Crippen molar-refractivity contribution in [2.45, 2.75) is 6.23 Å². The monoisotopic (exact) mass is 541 g/mol. The van der Waals surface area contributed by atoms with E-state index in [1.54, 1.807) is 24.1 Å². The number of ether oxygens (including phenoxy) is 1. The molecule has 0 aromatic heterocycles. The topological polar surface area (TPSA) is 97.4 Å². The van der Waals surface area contributed by atoms with E-state index >= 15 is 0 Å². The van der Waals surface area contributed by atoms with E-state index in [0.717, 1.165) is 54.4 Å². The molecule has 3 aromatic rings. The number of nitrogens with zero attached hydrogens (tertiary/aromatic N) is 3. The number of methoxy groups -OCH3 is 1. The van der Waals surface area contributed by atoms with Gasteiger partial charge >= 0.3 is 5.97 Å². The Morgan fingerprint density at radius 1 is 1.00 bits per heavy atom. The Morgan fingerprint density at radius 2 is 1.70 bits per heavy atom. The minimum absolute atomic E-state index is 0.0560. The minimum atomic E-state index is -0.983. The first-order valence-electron chi connectivity index (χ1n) is 13.4. The molecule has 0 aliphatic carbocycles. The summed E-state index contributed by atoms with van der Waals surface area (Å²) in [6.07, 6.45) is -0.983. The average Bonchev–Trinajstić information content (AvgIpc) is 3.31. The Hall–Kier alpha value is -4.18. The lowest BCUT2D eigenvalue weighted by molar-refractivity contribution is -0.119. The number of hydrogen-bond acceptors (Lipinski definition) is 8. The van der Waals surface area contributed by atoms with Crippen molar-refractivity contribution >= 4 is 40.2 Å². The summed E-state index contributed by atoms with van der Waals surface area (Å²) in [4.78, 5) is 31.1. The van der Waals surface area contributed by atoms with Crippen LogP contribution in [0.2, 0.25) is 0 Å². The maximum atomic E-state index is 12.9. The van der Waals surface area contributed by atoms with Crippen LogP contribution in [0.1, 0.15) is 21.5 Å². The number of carbonyl (C=O) groups excluding carboxylic acids is 2. The maximum Gasteiger partial charge on any atom is 0.337 e. The van der Waals surface area contributed by atoms with Crippen LogP contribution in [0, 0.1) is 0 Å². The highest BCUT2D eigenvalue weighted by Gasteiger charge is 2.29. The second-order valence-corrected chi connectivity index (χ2v) is 10.2. The molecule has 3 aromatic carbocycles. The second kappa shape index (κ2) is 11.9. The van der Waals surface area contributed by atoms with Crippen LogP contribution in [0.3, 0.4) is 0 Å². The lowest BCUT2D eigenvalue weighted by Crippen LogP contribution is -2.48. The molecule has 1 atom stereocenters. The fraction of sp³-hybridized carbons (Fsp3) is 0.290. The van der Waals surface area contributed by atoms with Gasteiger partial charge in [0.2, 0.25) is 5.91 Å². The molecule has 9 heteroatoms. The Kier molecular flexibility index (Phi) is 8.16. The van der Waals surface area contributed by atoms with E-state index in [0.29, 0.717) is 23.4 Å². The number of anilines is 3. The highest BCUT2D eigenvalue weighted by atomic mass is 16.5. The molecule has 3 N–H and O–H groups in total. The standard InChI is InChI=1S/C31H35N5O4/c1-34-15-17-36(18-16-34)20-27(37)35(2)24-12-10-23(11-13-24)32-29(21-7-5-4-6-8-21)28-25-14-9-22(31(39)40-3)19-26(25)33-30(28)38/h4-14,19,30,32-33,38H,15-18,20H2,1-3H3/b29-28-. The molecule has 0 radical (unpaired) electrons. The number of aliphatic hydroxyl groups is 1. The number of fused-ring (bicyclic) bond motifs is 1. The molecule has 9 nitrogen and oxygen atoms in total. The first-order valence-corrected chi connectivity index (χ1v) is 13.4. The van der Waals surface area contributed by atoms with Crippen LogP contribution in [0.4, 0.5) is 17.1 Å². The van der Waals surface area contributed by atoms with E-state index in [2.05, 4.69) is 27.5 Å². The van der Waals surface area contributed by atoms with Crippen molar-refractivity contribution in [3.05, 3.63) is 89.5 Å². The normalized spacial score (nSPS) is 18.4. The Balaban J connectivity index is 1.39. The first-order chi connectivity index (χ1) is 19.3. The molecule has 2 aliphatic rings. The third-order valence-corrected chi connectivity index (χ3v) is 7.48. The number of hydrogen-bond donors (Lipinski definition) is 3. The van der Waals surface area contributed by atoms with Crippen molar-refractivity contribution in [2.75, 3.05) is 69.5 Å². The second-order valence-electron chi connectivity index (χ2n) is 10.2. The number of esters is 1. The lowest BCUT2D eigenvalue weighted by Gasteiger charge is -2.32. The SMILES string of the molecule is COC(=O)c1ccc2c(c1)NC(O)/C2=C(\Nc1ccc(N(C)C(=O)CN2CCN(C)CC2)cc1)c1ccccc1. The molecule has 0 saturated carbocycles. The molecule has 1 unspecified atom stereocenters. The van der Waals surface area contributed by atoms with Gasteiger partial charge in [0.15, 0.2) is 6.23 Å². The van der Waals surface area contributed by atoms with Gasteiger partial charge in [-0.2, -0.15) is 0 Å². The molecule has 0 bridgehead atoms. The van der Waals surface area contributed by atoms with Gasteiger partial charge in [-0.3, -0.25) is 9.69 Å². The molecule has 2 aliphatic heterocycles. The predicted molar refractivity (Wildman–Crippen MR) is 158 cm³/mol. The van der Waals surface area contributed by atoms with Gasteiger partial charge in [-0.1, -0.05) is 36.4 Å². The van der Waals surface area contributed by atoms with E-state index in [9.17, 15) is 14.7 Å². The van der Waals surface area contributed by atoms with E-state index in [-0.39, 0.29) is 5.91 Å². The molecule has 1 saturated heterocycles. The number of carbonyl (C=O) groups is 2. The fourth-order valence-corrected chi connectivity index (χ4v) is 5.04. The van der Waals surface area contributed by atoms with Crippen LogP contribution in [0.25, 0.3) is 11.3 Å². The van der Waals surface area contributed by atoms with Crippen molar-refractivity contribution in [3.8, 4) is 0 Å². The zero-order chi connectivity index (χ0) is 28.2. The molecular formula is C31H35N5O4. The molecule has 5 rings (SSSR count). The molecule has 208 valence electrons. The fourth-order valence-electron chi connectivity index (χ4n) is 5.04. The summed E-state index contributed by atoms with van der Waals surface area (Å²) >= 11 is 0. The number of benzene rings is 3. The molecule has 2 heterocycles. The quantitative estimate of drug-likeness (QED) is 0.392. The van der Waals surface area contributed by atoms with Crippen molar-refractivity contribution in [3.63, 3.8) is 0 Å². The van der Waals surface area contributed by atoms with E-state index in [1.165, 1.54) is 7.11 Å².